The van der Waals surface area contributed by atoms with Crippen LogP contribution in [0, 0.1) is 6.92 Å². The summed E-state index contributed by atoms with van der Waals surface area (Å²) in [5, 5.41) is 15.2. The highest BCUT2D eigenvalue weighted by Gasteiger charge is 2.54. The number of carboxylic acids is 1. The summed E-state index contributed by atoms with van der Waals surface area (Å²) >= 11 is 3.60. The van der Waals surface area contributed by atoms with Crippen molar-refractivity contribution in [3.8, 4) is 0 Å². The number of fused-ring (bicyclic) bond motifs is 2. The fourth-order valence-electron chi connectivity index (χ4n) is 3.83. The van der Waals surface area contributed by atoms with E-state index in [1.165, 1.54) is 23.1 Å². The van der Waals surface area contributed by atoms with Gasteiger partial charge in [-0.15, -0.1) is 23.1 Å². The van der Waals surface area contributed by atoms with E-state index < -0.39 is 41.8 Å². The summed E-state index contributed by atoms with van der Waals surface area (Å²) in [5.41, 5.74) is 6.35. The Hall–Kier alpha value is -3.83. The van der Waals surface area contributed by atoms with Crippen LogP contribution in [0.15, 0.2) is 35.0 Å². The molecule has 3 aromatic rings. The van der Waals surface area contributed by atoms with Crippen LogP contribution < -0.4 is 11.1 Å². The highest BCUT2D eigenvalue weighted by Crippen LogP contribution is 2.41. The maximum atomic E-state index is 13.0. The summed E-state index contributed by atoms with van der Waals surface area (Å²) in [7, 11) is 0. The van der Waals surface area contributed by atoms with Crippen molar-refractivity contribution in [2.75, 3.05) is 18.3 Å². The molecule has 0 saturated carbocycles. The first-order chi connectivity index (χ1) is 17.8. The average molecular weight is 565 g/mol. The summed E-state index contributed by atoms with van der Waals surface area (Å²) in [5.74, 6) is -2.67. The highest BCUT2D eigenvalue weighted by molar-refractivity contribution is 8.00. The second-order valence-electron chi connectivity index (χ2n) is 7.66. The summed E-state index contributed by atoms with van der Waals surface area (Å²) in [6.45, 7) is 0.632. The molecular weight excluding hydrogens is 547 g/mol. The van der Waals surface area contributed by atoms with Gasteiger partial charge in [-0.05, 0) is 18.6 Å². The number of alkyl halides is 1. The number of aryl methyl sites for hydroxylation is 1. The molecule has 37 heavy (non-hydrogen) atoms. The summed E-state index contributed by atoms with van der Waals surface area (Å²) in [4.78, 5) is 53.2. The molecule has 5 rings (SSSR count). The Balaban J connectivity index is 1.36. The Bertz CT molecular complexity index is 1510. The van der Waals surface area contributed by atoms with Gasteiger partial charge < -0.3 is 21.0 Å². The summed E-state index contributed by atoms with van der Waals surface area (Å²) in [6, 6.07) is -1.04. The molecular formula is C20H17FN8O5S3. The molecule has 3 aromatic heterocycles. The number of halogens is 1. The lowest BCUT2D eigenvalue weighted by Gasteiger charge is -2.49. The number of β-lactam (4-membered cyclic amide) rings is 1. The third-order valence-electron chi connectivity index (χ3n) is 5.53. The first kappa shape index (κ1) is 24.8. The number of hydrogen-bond acceptors (Lipinski definition) is 12. The van der Waals surface area contributed by atoms with Crippen molar-refractivity contribution < 1.29 is 28.7 Å². The normalized spacial score (nSPS) is 19.9. The fraction of sp³-hybridized carbons (Fsp3) is 0.250. The van der Waals surface area contributed by atoms with Gasteiger partial charge in [0.1, 0.15) is 28.3 Å². The van der Waals surface area contributed by atoms with Crippen molar-refractivity contribution >= 4 is 74.2 Å². The lowest BCUT2D eigenvalue weighted by atomic mass is 10.0. The molecule has 1 fully saturated rings. The van der Waals surface area contributed by atoms with Crippen molar-refractivity contribution in [1.82, 2.24) is 29.0 Å². The smallest absolute Gasteiger partial charge is 0.352 e. The highest BCUT2D eigenvalue weighted by atomic mass is 32.2. The Kier molecular flexibility index (Phi) is 6.65. The van der Waals surface area contributed by atoms with Gasteiger partial charge in [-0.1, -0.05) is 11.2 Å². The van der Waals surface area contributed by atoms with Gasteiger partial charge in [0, 0.05) is 27.9 Å². The van der Waals surface area contributed by atoms with Crippen LogP contribution in [0.4, 0.5) is 9.52 Å². The zero-order chi connectivity index (χ0) is 26.3. The number of thiazole rings is 1. The number of nitrogen functional groups attached to an aromatic ring is 1. The molecule has 0 spiro atoms. The van der Waals surface area contributed by atoms with Crippen LogP contribution in [0.1, 0.15) is 16.4 Å². The van der Waals surface area contributed by atoms with Crippen LogP contribution >= 0.6 is 34.6 Å². The second kappa shape index (κ2) is 9.91. The van der Waals surface area contributed by atoms with Crippen LogP contribution in [-0.4, -0.2) is 76.3 Å². The Morgan fingerprint density at radius 1 is 1.43 bits per heavy atom. The first-order valence-electron chi connectivity index (χ1n) is 10.5. The monoisotopic (exact) mass is 564 g/mol. The van der Waals surface area contributed by atoms with Gasteiger partial charge in [0.15, 0.2) is 5.13 Å². The molecule has 2 atom stereocenters. The van der Waals surface area contributed by atoms with E-state index in [-0.39, 0.29) is 16.7 Å². The molecule has 5 heterocycles. The number of allylic oxidation sites excluding steroid dienone is 1. The van der Waals surface area contributed by atoms with Gasteiger partial charge in [0.05, 0.1) is 6.20 Å². The maximum Gasteiger partial charge on any atom is 0.352 e. The van der Waals surface area contributed by atoms with Crippen molar-refractivity contribution in [1.29, 1.82) is 0 Å². The number of hydrogen-bond donors (Lipinski definition) is 3. The average Bonchev–Trinajstić information content (AvgIpc) is 3.59. The molecule has 0 aromatic carbocycles. The number of anilines is 1. The van der Waals surface area contributed by atoms with Gasteiger partial charge in [0.2, 0.25) is 11.5 Å². The molecule has 1 saturated heterocycles. The van der Waals surface area contributed by atoms with Crippen molar-refractivity contribution in [3.05, 3.63) is 46.3 Å². The fourth-order valence-corrected chi connectivity index (χ4v) is 6.59. The zero-order valence-corrected chi connectivity index (χ0v) is 21.3. The zero-order valence-electron chi connectivity index (χ0n) is 18.8. The molecule has 192 valence electrons. The number of imidazole rings is 1. The molecule has 2 aliphatic rings. The topological polar surface area (TPSA) is 177 Å². The van der Waals surface area contributed by atoms with Crippen LogP contribution in [0.3, 0.4) is 0 Å². The van der Waals surface area contributed by atoms with Crippen LogP contribution in [0.2, 0.25) is 0 Å². The quantitative estimate of drug-likeness (QED) is 0.205. The number of amides is 2. The van der Waals surface area contributed by atoms with Crippen LogP contribution in [-0.2, 0) is 19.2 Å². The second-order valence-corrected chi connectivity index (χ2v) is 10.6. The minimum Gasteiger partial charge on any atom is -0.477 e. The number of nitrogens with two attached hydrogens (primary N) is 1. The van der Waals surface area contributed by atoms with E-state index in [1.807, 2.05) is 17.4 Å². The predicted molar refractivity (Wildman–Crippen MR) is 134 cm³/mol. The largest absolute Gasteiger partial charge is 0.477 e. The third-order valence-corrected chi connectivity index (χ3v) is 8.54. The molecule has 0 aliphatic carbocycles. The number of carbonyl (C=O) groups excluding carboxylic acids is 2. The third kappa shape index (κ3) is 4.44. The van der Waals surface area contributed by atoms with E-state index >= 15 is 0 Å². The molecule has 17 heteroatoms. The predicted octanol–water partition coefficient (Wildman–Crippen LogP) is 1.24. The van der Waals surface area contributed by atoms with E-state index in [0.717, 1.165) is 31.8 Å². The van der Waals surface area contributed by atoms with E-state index in [0.29, 0.717) is 11.3 Å². The SMILES string of the molecule is Cc1c(/C=C/C2=C(C(=O)O)N3C(=O)[C@@H](NC(=O)/C(=N\OCF)c4nsc(N)n4)[C@H]3SC2)sc2cncn12. The summed E-state index contributed by atoms with van der Waals surface area (Å²) < 4.78 is 18.3. The first-order valence-corrected chi connectivity index (χ1v) is 13.1. The van der Waals surface area contributed by atoms with Gasteiger partial charge in [0.25, 0.3) is 18.7 Å². The van der Waals surface area contributed by atoms with Gasteiger partial charge in [-0.25, -0.2) is 14.2 Å². The molecule has 0 bridgehead atoms. The molecule has 13 nitrogen and oxygen atoms in total. The molecule has 2 aliphatic heterocycles. The number of thioether (sulfide) groups is 1. The number of rotatable bonds is 8. The number of carbonyl (C=O) groups is 3. The van der Waals surface area contributed by atoms with Crippen molar-refractivity contribution in [2.24, 2.45) is 5.16 Å². The van der Waals surface area contributed by atoms with Crippen LogP contribution in [0.5, 0.6) is 0 Å². The molecule has 0 radical (unpaired) electrons. The van der Waals surface area contributed by atoms with Crippen molar-refractivity contribution in [3.63, 3.8) is 0 Å². The summed E-state index contributed by atoms with van der Waals surface area (Å²) in [6.07, 6.45) is 6.95. The maximum absolute atomic E-state index is 13.0. The minimum atomic E-state index is -1.30. The lowest BCUT2D eigenvalue weighted by Crippen LogP contribution is -2.71. The number of nitrogens with one attached hydrogen (secondary N) is 1. The van der Waals surface area contributed by atoms with Crippen LogP contribution in [0.25, 0.3) is 10.9 Å². The Morgan fingerprint density at radius 2 is 2.24 bits per heavy atom. The number of oxime groups is 1. The minimum absolute atomic E-state index is 0.0496. The van der Waals surface area contributed by atoms with Gasteiger partial charge in [-0.3, -0.25) is 18.9 Å². The van der Waals surface area contributed by atoms with E-state index in [2.05, 4.69) is 29.7 Å². The Labute approximate surface area is 219 Å². The molecule has 4 N–H and O–H groups in total. The number of carboxylic acid groups (broad SMARTS) is 1. The Morgan fingerprint density at radius 3 is 2.92 bits per heavy atom. The van der Waals surface area contributed by atoms with Gasteiger partial charge in [-0.2, -0.15) is 9.36 Å². The molecule has 2 amide bonds. The van der Waals surface area contributed by atoms with E-state index in [1.54, 1.807) is 18.6 Å². The number of aliphatic carboxylic acids is 1. The molecule has 0 unspecified atom stereocenters. The van der Waals surface area contributed by atoms with E-state index in [4.69, 9.17) is 5.73 Å². The van der Waals surface area contributed by atoms with Gasteiger partial charge >= 0.3 is 5.97 Å². The van der Waals surface area contributed by atoms with Crippen molar-refractivity contribution in [2.45, 2.75) is 18.3 Å². The lowest BCUT2D eigenvalue weighted by molar-refractivity contribution is -0.150. The van der Waals surface area contributed by atoms with E-state index in [9.17, 15) is 23.9 Å². The number of nitrogens with zero attached hydrogens (tertiary/aromatic N) is 6. The number of aromatic nitrogens is 4. The standard InChI is InChI=1S/C20H17FN8O5S3/c1-8-10(36-11-4-23-7-28(8)11)3-2-9-5-35-18-13(17(31)29(18)14(9)19(32)33)24-16(30)12(26-34-6-21)15-25-20(22)37-27-15/h2-4,7,13,18H,5-6H2,1H3,(H,24,30)(H,32,33)(H2,22,25,27)/b3-2+,26-12-/t13-,18-/m1/s1.